The molecule has 1 aliphatic carbocycles. The lowest BCUT2D eigenvalue weighted by Crippen LogP contribution is -2.26. The fraction of sp³-hybridized carbons (Fsp3) is 0.571. The van der Waals surface area contributed by atoms with E-state index < -0.39 is 11.6 Å². The fourth-order valence-electron chi connectivity index (χ4n) is 2.98. The maximum atomic E-state index is 13.8. The molecule has 3 heteroatoms. The normalized spacial score (nSPS) is 26.1. The van der Waals surface area contributed by atoms with Gasteiger partial charge in [0.05, 0.1) is 0 Å². The van der Waals surface area contributed by atoms with Crippen LogP contribution in [0.3, 0.4) is 0 Å². The minimum atomic E-state index is -0.441. The molecule has 1 aromatic rings. The summed E-state index contributed by atoms with van der Waals surface area (Å²) in [4.78, 5) is 0. The van der Waals surface area contributed by atoms with Gasteiger partial charge in [0.2, 0.25) is 0 Å². The van der Waals surface area contributed by atoms with Crippen molar-refractivity contribution in [3.05, 3.63) is 35.4 Å². The monoisotopic (exact) mass is 239 g/mol. The van der Waals surface area contributed by atoms with Gasteiger partial charge in [-0.15, -0.1) is 0 Å². The lowest BCUT2D eigenvalue weighted by atomic mass is 9.90. The van der Waals surface area contributed by atoms with Crippen molar-refractivity contribution in [3.63, 3.8) is 0 Å². The second kappa shape index (κ2) is 5.13. The average Bonchev–Trinajstić information content (AvgIpc) is 2.70. The molecule has 1 aliphatic rings. The second-order valence-electron chi connectivity index (χ2n) is 5.08. The van der Waals surface area contributed by atoms with Crippen LogP contribution in [0.2, 0.25) is 0 Å². The van der Waals surface area contributed by atoms with Crippen LogP contribution in [0, 0.1) is 23.5 Å². The van der Waals surface area contributed by atoms with Gasteiger partial charge < -0.3 is 5.32 Å². The number of rotatable bonds is 3. The number of nitrogens with one attached hydrogen (secondary N) is 1. The highest BCUT2D eigenvalue weighted by Gasteiger charge is 2.31. The number of hydrogen-bond acceptors (Lipinski definition) is 1. The predicted octanol–water partition coefficient (Wildman–Crippen LogP) is 3.66. The van der Waals surface area contributed by atoms with Crippen LogP contribution in [0.1, 0.15) is 37.8 Å². The van der Waals surface area contributed by atoms with Crippen molar-refractivity contribution in [1.29, 1.82) is 0 Å². The molecule has 94 valence electrons. The van der Waals surface area contributed by atoms with Gasteiger partial charge in [-0.2, -0.15) is 0 Å². The zero-order valence-corrected chi connectivity index (χ0v) is 10.3. The Bertz CT molecular complexity index is 372. The van der Waals surface area contributed by atoms with Gasteiger partial charge in [0.1, 0.15) is 11.6 Å². The van der Waals surface area contributed by atoms with Gasteiger partial charge in [-0.1, -0.05) is 19.4 Å². The van der Waals surface area contributed by atoms with E-state index in [1.165, 1.54) is 18.2 Å². The Balaban J connectivity index is 2.29. The molecule has 1 nitrogen and oxygen atoms in total. The molecule has 0 radical (unpaired) electrons. The first-order chi connectivity index (χ1) is 8.13. The van der Waals surface area contributed by atoms with E-state index in [-0.39, 0.29) is 11.6 Å². The summed E-state index contributed by atoms with van der Waals surface area (Å²) < 4.78 is 27.5. The third-order valence-electron chi connectivity index (χ3n) is 3.83. The fourth-order valence-corrected chi connectivity index (χ4v) is 2.98. The molecule has 1 N–H and O–H groups in total. The van der Waals surface area contributed by atoms with Crippen molar-refractivity contribution in [2.24, 2.45) is 11.8 Å². The molecule has 2 rings (SSSR count). The van der Waals surface area contributed by atoms with Crippen molar-refractivity contribution in [3.8, 4) is 0 Å². The van der Waals surface area contributed by atoms with Crippen molar-refractivity contribution in [1.82, 2.24) is 5.32 Å². The predicted molar refractivity (Wildman–Crippen MR) is 64.7 cm³/mol. The molecular weight excluding hydrogens is 220 g/mol. The summed E-state index contributed by atoms with van der Waals surface area (Å²) in [6.07, 6.45) is 3.23. The first kappa shape index (κ1) is 12.5. The number of benzene rings is 1. The van der Waals surface area contributed by atoms with Crippen molar-refractivity contribution in [2.45, 2.75) is 32.2 Å². The third-order valence-corrected chi connectivity index (χ3v) is 3.83. The van der Waals surface area contributed by atoms with Crippen LogP contribution in [0.5, 0.6) is 0 Å². The van der Waals surface area contributed by atoms with Crippen molar-refractivity contribution in [2.75, 3.05) is 7.05 Å². The highest BCUT2D eigenvalue weighted by Crippen LogP contribution is 2.39. The lowest BCUT2D eigenvalue weighted by molar-refractivity contribution is 0.355. The minimum Gasteiger partial charge on any atom is -0.313 e. The molecule has 1 aromatic carbocycles. The Kier molecular flexibility index (Phi) is 3.77. The third kappa shape index (κ3) is 2.49. The first-order valence-corrected chi connectivity index (χ1v) is 6.24. The smallest absolute Gasteiger partial charge is 0.130 e. The largest absolute Gasteiger partial charge is 0.313 e. The van der Waals surface area contributed by atoms with E-state index in [0.717, 1.165) is 19.3 Å². The zero-order chi connectivity index (χ0) is 12.4. The molecule has 0 bridgehead atoms. The minimum absolute atomic E-state index is 0.203. The van der Waals surface area contributed by atoms with Gasteiger partial charge in [0, 0.05) is 11.6 Å². The van der Waals surface area contributed by atoms with Gasteiger partial charge in [0.25, 0.3) is 0 Å². The molecule has 17 heavy (non-hydrogen) atoms. The highest BCUT2D eigenvalue weighted by atomic mass is 19.1. The van der Waals surface area contributed by atoms with E-state index in [1.807, 2.05) is 0 Å². The molecule has 0 saturated heterocycles. The van der Waals surface area contributed by atoms with Crippen molar-refractivity contribution < 1.29 is 8.78 Å². The van der Waals surface area contributed by atoms with E-state index in [2.05, 4.69) is 12.2 Å². The molecule has 0 aliphatic heterocycles. The van der Waals surface area contributed by atoms with Gasteiger partial charge in [0.15, 0.2) is 0 Å². The lowest BCUT2D eigenvalue weighted by Gasteiger charge is -2.24. The number of halogens is 2. The maximum Gasteiger partial charge on any atom is 0.130 e. The van der Waals surface area contributed by atoms with E-state index in [9.17, 15) is 8.78 Å². The molecule has 0 aromatic heterocycles. The SMILES string of the molecule is CNC(c1c(F)cccc1F)C1CCC(C)C1. The standard InChI is InChI=1S/C14H19F2N/c1-9-6-7-10(8-9)14(17-2)13-11(15)4-3-5-12(13)16/h3-5,9-10,14,17H,6-8H2,1-2H3. The molecule has 0 heterocycles. The Morgan fingerprint density at radius 3 is 2.35 bits per heavy atom. The summed E-state index contributed by atoms with van der Waals surface area (Å²) in [6, 6.07) is 3.88. The van der Waals surface area contributed by atoms with Crippen LogP contribution in [0.15, 0.2) is 18.2 Å². The number of hydrogen-bond donors (Lipinski definition) is 1. The molecule has 1 fully saturated rings. The first-order valence-electron chi connectivity index (χ1n) is 6.24. The highest BCUT2D eigenvalue weighted by molar-refractivity contribution is 5.24. The topological polar surface area (TPSA) is 12.0 Å². The Hall–Kier alpha value is -0.960. The van der Waals surface area contributed by atoms with Crippen LogP contribution in [0.4, 0.5) is 8.78 Å². The second-order valence-corrected chi connectivity index (χ2v) is 5.08. The van der Waals surface area contributed by atoms with E-state index in [0.29, 0.717) is 11.8 Å². The molecule has 3 unspecified atom stereocenters. The zero-order valence-electron chi connectivity index (χ0n) is 10.3. The quantitative estimate of drug-likeness (QED) is 0.848. The maximum absolute atomic E-state index is 13.8. The summed E-state index contributed by atoms with van der Waals surface area (Å²) in [5.74, 6) is 0.111. The van der Waals surface area contributed by atoms with Gasteiger partial charge in [-0.3, -0.25) is 0 Å². The van der Waals surface area contributed by atoms with Gasteiger partial charge in [-0.25, -0.2) is 8.78 Å². The van der Waals surface area contributed by atoms with Crippen LogP contribution in [0.25, 0.3) is 0 Å². The van der Waals surface area contributed by atoms with Crippen molar-refractivity contribution >= 4 is 0 Å². The summed E-state index contributed by atoms with van der Waals surface area (Å²) in [7, 11) is 1.78. The van der Waals surface area contributed by atoms with E-state index >= 15 is 0 Å². The molecule has 0 spiro atoms. The van der Waals surface area contributed by atoms with E-state index in [1.54, 1.807) is 7.05 Å². The van der Waals surface area contributed by atoms with Crippen LogP contribution < -0.4 is 5.32 Å². The average molecular weight is 239 g/mol. The molecule has 0 amide bonds. The Morgan fingerprint density at radius 1 is 1.24 bits per heavy atom. The van der Waals surface area contributed by atoms with Crippen LogP contribution in [-0.4, -0.2) is 7.05 Å². The summed E-state index contributed by atoms with van der Waals surface area (Å²) >= 11 is 0. The Morgan fingerprint density at radius 2 is 1.88 bits per heavy atom. The van der Waals surface area contributed by atoms with Crippen LogP contribution >= 0.6 is 0 Å². The molecule has 3 atom stereocenters. The summed E-state index contributed by atoms with van der Waals surface area (Å²) in [6.45, 7) is 2.20. The molecule has 1 saturated carbocycles. The Labute approximate surface area is 101 Å². The van der Waals surface area contributed by atoms with Gasteiger partial charge in [-0.05, 0) is 43.9 Å². The summed E-state index contributed by atoms with van der Waals surface area (Å²) in [5.41, 5.74) is 0.203. The van der Waals surface area contributed by atoms with Gasteiger partial charge >= 0.3 is 0 Å². The van der Waals surface area contributed by atoms with Crippen LogP contribution in [-0.2, 0) is 0 Å². The molecular formula is C14H19F2N. The van der Waals surface area contributed by atoms with E-state index in [4.69, 9.17) is 0 Å². The summed E-state index contributed by atoms with van der Waals surface area (Å²) in [5, 5.41) is 3.08.